The number of hydrogen-bond donors (Lipinski definition) is 2. The van der Waals surface area contributed by atoms with Gasteiger partial charge >= 0.3 is 0 Å². The van der Waals surface area contributed by atoms with E-state index < -0.39 is 0 Å². The average Bonchev–Trinajstić information content (AvgIpc) is 3.10. The minimum absolute atomic E-state index is 0.655. The van der Waals surface area contributed by atoms with E-state index in [-0.39, 0.29) is 0 Å². The molecule has 1 atom stereocenters. The van der Waals surface area contributed by atoms with Gasteiger partial charge in [-0.3, -0.25) is 0 Å². The third-order valence-electron chi connectivity index (χ3n) is 4.01. The highest BCUT2D eigenvalue weighted by molar-refractivity contribution is 5.60. The molecule has 2 heterocycles. The quantitative estimate of drug-likeness (QED) is 0.868. The zero-order chi connectivity index (χ0) is 13.8. The second-order valence-corrected chi connectivity index (χ2v) is 5.39. The molecule has 0 radical (unpaired) electrons. The highest BCUT2D eigenvalue weighted by Crippen LogP contribution is 2.19. The summed E-state index contributed by atoms with van der Waals surface area (Å²) in [5.41, 5.74) is 3.03. The molecule has 106 valence electrons. The molecule has 0 bridgehead atoms. The van der Waals surface area contributed by atoms with Crippen LogP contribution in [0.2, 0.25) is 0 Å². The molecule has 1 unspecified atom stereocenters. The number of nitrogens with one attached hydrogen (secondary N) is 2. The van der Waals surface area contributed by atoms with Crippen LogP contribution in [0, 0.1) is 0 Å². The fraction of sp³-hybridized carbons (Fsp3) is 0.467. The van der Waals surface area contributed by atoms with Crippen molar-refractivity contribution in [2.45, 2.75) is 25.4 Å². The molecule has 2 N–H and O–H groups in total. The van der Waals surface area contributed by atoms with E-state index >= 15 is 0 Å². The van der Waals surface area contributed by atoms with E-state index in [2.05, 4.69) is 44.8 Å². The Morgan fingerprint density at radius 3 is 2.90 bits per heavy atom. The van der Waals surface area contributed by atoms with Crippen LogP contribution in [0.3, 0.4) is 0 Å². The molecule has 2 aromatic rings. The molecule has 0 spiro atoms. The first-order chi connectivity index (χ1) is 9.84. The highest BCUT2D eigenvalue weighted by atomic mass is 15.3. The van der Waals surface area contributed by atoms with Crippen LogP contribution in [-0.2, 0) is 6.54 Å². The Hall–Kier alpha value is -1.72. The molecule has 1 fully saturated rings. The number of benzene rings is 1. The summed E-state index contributed by atoms with van der Waals surface area (Å²) in [6, 6.07) is 10.8. The van der Waals surface area contributed by atoms with Gasteiger partial charge in [0.15, 0.2) is 0 Å². The zero-order valence-corrected chi connectivity index (χ0v) is 11.8. The van der Waals surface area contributed by atoms with E-state index in [4.69, 9.17) is 0 Å². The number of aromatic nitrogens is 3. The van der Waals surface area contributed by atoms with Crippen LogP contribution in [0.4, 0.5) is 0 Å². The molecule has 5 heteroatoms. The van der Waals surface area contributed by atoms with Crippen molar-refractivity contribution in [1.29, 1.82) is 0 Å². The van der Waals surface area contributed by atoms with E-state index in [0.717, 1.165) is 30.0 Å². The molecule has 1 aliphatic rings. The first-order valence-corrected chi connectivity index (χ1v) is 7.20. The lowest BCUT2D eigenvalue weighted by molar-refractivity contribution is 0.300. The molecule has 5 nitrogen and oxygen atoms in total. The summed E-state index contributed by atoms with van der Waals surface area (Å²) < 4.78 is 0. The molecule has 20 heavy (non-hydrogen) atoms. The third kappa shape index (κ3) is 2.89. The van der Waals surface area contributed by atoms with Crippen molar-refractivity contribution in [2.24, 2.45) is 0 Å². The predicted octanol–water partition coefficient (Wildman–Crippen LogP) is 1.66. The standard InChI is InChI=1S/C15H21N5/c1-20-9-5-8-13(20)10-16-11-14-15(18-19-17-14)12-6-3-2-4-7-12/h2-4,6-7,13,16H,5,8-11H2,1H3,(H,17,18,19). The molecule has 1 aromatic carbocycles. The number of likely N-dealkylation sites (N-methyl/N-ethyl adjacent to an activating group) is 1. The maximum Gasteiger partial charge on any atom is 0.117 e. The lowest BCUT2D eigenvalue weighted by Crippen LogP contribution is -2.35. The maximum atomic E-state index is 4.27. The lowest BCUT2D eigenvalue weighted by atomic mass is 10.1. The molecule has 0 aliphatic carbocycles. The van der Waals surface area contributed by atoms with Crippen molar-refractivity contribution < 1.29 is 0 Å². The van der Waals surface area contributed by atoms with Crippen molar-refractivity contribution in [3.8, 4) is 11.3 Å². The SMILES string of the molecule is CN1CCCC1CNCc1n[nH]nc1-c1ccccc1. The Balaban J connectivity index is 1.60. The number of hydrogen-bond acceptors (Lipinski definition) is 4. The van der Waals surface area contributed by atoms with Gasteiger partial charge in [0.2, 0.25) is 0 Å². The van der Waals surface area contributed by atoms with Gasteiger partial charge in [-0.25, -0.2) is 0 Å². The Bertz CT molecular complexity index is 536. The molecule has 0 amide bonds. The van der Waals surface area contributed by atoms with Gasteiger partial charge in [0.1, 0.15) is 11.4 Å². The molecule has 3 rings (SSSR count). The Morgan fingerprint density at radius 2 is 2.15 bits per heavy atom. The monoisotopic (exact) mass is 271 g/mol. The van der Waals surface area contributed by atoms with E-state index in [1.807, 2.05) is 18.2 Å². The van der Waals surface area contributed by atoms with E-state index in [0.29, 0.717) is 6.04 Å². The van der Waals surface area contributed by atoms with Gasteiger partial charge in [0.05, 0.1) is 0 Å². The summed E-state index contributed by atoms with van der Waals surface area (Å²) in [7, 11) is 2.20. The number of H-pyrrole nitrogens is 1. The number of likely N-dealkylation sites (tertiary alicyclic amines) is 1. The van der Waals surface area contributed by atoms with Gasteiger partial charge in [-0.05, 0) is 26.4 Å². The first-order valence-electron chi connectivity index (χ1n) is 7.20. The van der Waals surface area contributed by atoms with Crippen LogP contribution in [0.1, 0.15) is 18.5 Å². The van der Waals surface area contributed by atoms with E-state index in [1.165, 1.54) is 19.4 Å². The van der Waals surface area contributed by atoms with Crippen LogP contribution in [0.5, 0.6) is 0 Å². The second-order valence-electron chi connectivity index (χ2n) is 5.39. The van der Waals surface area contributed by atoms with Crippen molar-refractivity contribution in [3.63, 3.8) is 0 Å². The van der Waals surface area contributed by atoms with Gasteiger partial charge in [0.25, 0.3) is 0 Å². The van der Waals surface area contributed by atoms with E-state index in [1.54, 1.807) is 0 Å². The average molecular weight is 271 g/mol. The first kappa shape index (κ1) is 13.3. The Labute approximate surface area is 119 Å². The van der Waals surface area contributed by atoms with Crippen molar-refractivity contribution in [3.05, 3.63) is 36.0 Å². The smallest absolute Gasteiger partial charge is 0.117 e. The summed E-state index contributed by atoms with van der Waals surface area (Å²) >= 11 is 0. The summed E-state index contributed by atoms with van der Waals surface area (Å²) in [5.74, 6) is 0. The van der Waals surface area contributed by atoms with Crippen molar-refractivity contribution in [1.82, 2.24) is 25.6 Å². The zero-order valence-electron chi connectivity index (χ0n) is 11.8. The van der Waals surface area contributed by atoms with Gasteiger partial charge in [-0.1, -0.05) is 30.3 Å². The molecule has 0 saturated carbocycles. The molecular weight excluding hydrogens is 250 g/mol. The van der Waals surface area contributed by atoms with Crippen LogP contribution >= 0.6 is 0 Å². The molecule has 1 aliphatic heterocycles. The molecule has 1 aromatic heterocycles. The minimum Gasteiger partial charge on any atom is -0.309 e. The third-order valence-corrected chi connectivity index (χ3v) is 4.01. The fourth-order valence-electron chi connectivity index (χ4n) is 2.80. The van der Waals surface area contributed by atoms with E-state index in [9.17, 15) is 0 Å². The topological polar surface area (TPSA) is 56.8 Å². The molecular formula is C15H21N5. The predicted molar refractivity (Wildman–Crippen MR) is 79.2 cm³/mol. The van der Waals surface area contributed by atoms with Gasteiger partial charge in [0, 0.05) is 24.7 Å². The summed E-state index contributed by atoms with van der Waals surface area (Å²) in [6.07, 6.45) is 2.59. The van der Waals surface area contributed by atoms with Crippen molar-refractivity contribution in [2.75, 3.05) is 20.1 Å². The maximum absolute atomic E-state index is 4.27. The minimum atomic E-state index is 0.655. The van der Waals surface area contributed by atoms with Crippen LogP contribution in [0.25, 0.3) is 11.3 Å². The molecule has 1 saturated heterocycles. The fourth-order valence-corrected chi connectivity index (χ4v) is 2.80. The summed E-state index contributed by atoms with van der Waals surface area (Å²) in [6.45, 7) is 2.98. The van der Waals surface area contributed by atoms with Gasteiger partial charge in [-0.2, -0.15) is 15.4 Å². The second kappa shape index (κ2) is 6.15. The Kier molecular flexibility index (Phi) is 4.08. The number of rotatable bonds is 5. The summed E-state index contributed by atoms with van der Waals surface area (Å²) in [4.78, 5) is 2.42. The van der Waals surface area contributed by atoms with Crippen molar-refractivity contribution >= 4 is 0 Å². The van der Waals surface area contributed by atoms with Gasteiger partial charge in [-0.15, -0.1) is 0 Å². The van der Waals surface area contributed by atoms with Crippen LogP contribution in [0.15, 0.2) is 30.3 Å². The Morgan fingerprint density at radius 1 is 1.30 bits per heavy atom. The number of nitrogens with zero attached hydrogens (tertiary/aromatic N) is 3. The normalized spacial score (nSPS) is 19.6. The number of aromatic amines is 1. The highest BCUT2D eigenvalue weighted by Gasteiger charge is 2.20. The van der Waals surface area contributed by atoms with Gasteiger partial charge < -0.3 is 10.2 Å². The van der Waals surface area contributed by atoms with Crippen LogP contribution in [-0.4, -0.2) is 46.5 Å². The summed E-state index contributed by atoms with van der Waals surface area (Å²) in [5, 5.41) is 14.8. The largest absolute Gasteiger partial charge is 0.309 e. The lowest BCUT2D eigenvalue weighted by Gasteiger charge is -2.19. The van der Waals surface area contributed by atoms with Crippen LogP contribution < -0.4 is 5.32 Å².